The van der Waals surface area contributed by atoms with Gasteiger partial charge in [-0.3, -0.25) is 9.78 Å². The van der Waals surface area contributed by atoms with Gasteiger partial charge in [-0.15, -0.1) is 10.2 Å². The van der Waals surface area contributed by atoms with E-state index in [2.05, 4.69) is 20.5 Å². The number of thioether (sulfide) groups is 1. The second-order valence-electron chi connectivity index (χ2n) is 5.74. The van der Waals surface area contributed by atoms with Gasteiger partial charge in [0.1, 0.15) is 6.10 Å². The van der Waals surface area contributed by atoms with E-state index in [-0.39, 0.29) is 18.1 Å². The van der Waals surface area contributed by atoms with Gasteiger partial charge in [0.25, 0.3) is 5.22 Å². The van der Waals surface area contributed by atoms with E-state index in [0.717, 1.165) is 12.0 Å². The molecule has 9 heteroatoms. The molecule has 1 fully saturated rings. The summed E-state index contributed by atoms with van der Waals surface area (Å²) < 4.78 is 16.6. The van der Waals surface area contributed by atoms with Crippen molar-refractivity contribution in [3.63, 3.8) is 0 Å². The van der Waals surface area contributed by atoms with Gasteiger partial charge < -0.3 is 19.2 Å². The lowest BCUT2D eigenvalue weighted by Gasteiger charge is -2.31. The predicted octanol–water partition coefficient (Wildman–Crippen LogP) is 1.92. The van der Waals surface area contributed by atoms with Crippen molar-refractivity contribution in [3.05, 3.63) is 24.5 Å². The first kappa shape index (κ1) is 18.8. The SMILES string of the molecule is CCO[C@@H]1COCC[C@H]1NC(=O)CCSc1nnc(-c2ccncc2)o1. The van der Waals surface area contributed by atoms with Crippen LogP contribution in [0.2, 0.25) is 0 Å². The van der Waals surface area contributed by atoms with E-state index in [1.807, 2.05) is 6.92 Å². The zero-order valence-electron chi connectivity index (χ0n) is 14.6. The van der Waals surface area contributed by atoms with Crippen LogP contribution in [0.1, 0.15) is 19.8 Å². The molecule has 26 heavy (non-hydrogen) atoms. The topological polar surface area (TPSA) is 99.4 Å². The Bertz CT molecular complexity index is 695. The Morgan fingerprint density at radius 1 is 1.38 bits per heavy atom. The zero-order chi connectivity index (χ0) is 18.2. The molecule has 0 aliphatic carbocycles. The van der Waals surface area contributed by atoms with Gasteiger partial charge >= 0.3 is 0 Å². The minimum atomic E-state index is -0.0794. The standard InChI is InChI=1S/C17H22N4O4S/c1-2-24-14-11-23-9-5-13(14)19-15(22)6-10-26-17-21-20-16(25-17)12-3-7-18-8-4-12/h3-4,7-8,13-14H,2,5-6,9-11H2,1H3,(H,19,22)/t13-,14-/m1/s1. The van der Waals surface area contributed by atoms with E-state index in [9.17, 15) is 4.79 Å². The molecule has 1 aliphatic heterocycles. The van der Waals surface area contributed by atoms with Crippen LogP contribution in [0.15, 0.2) is 34.2 Å². The van der Waals surface area contributed by atoms with E-state index in [0.29, 0.717) is 43.1 Å². The third kappa shape index (κ3) is 5.26. The van der Waals surface area contributed by atoms with Crippen molar-refractivity contribution in [2.24, 2.45) is 0 Å². The monoisotopic (exact) mass is 378 g/mol. The minimum absolute atomic E-state index is 0.00268. The molecule has 1 N–H and O–H groups in total. The van der Waals surface area contributed by atoms with Crippen molar-refractivity contribution < 1.29 is 18.7 Å². The number of carbonyl (C=O) groups excluding carboxylic acids is 1. The maximum Gasteiger partial charge on any atom is 0.276 e. The van der Waals surface area contributed by atoms with Crippen LogP contribution >= 0.6 is 11.8 Å². The van der Waals surface area contributed by atoms with Crippen LogP contribution in [0.4, 0.5) is 0 Å². The van der Waals surface area contributed by atoms with Crippen molar-refractivity contribution >= 4 is 17.7 Å². The molecule has 0 spiro atoms. The largest absolute Gasteiger partial charge is 0.411 e. The molecule has 0 saturated carbocycles. The van der Waals surface area contributed by atoms with Crippen molar-refractivity contribution in [1.29, 1.82) is 0 Å². The van der Waals surface area contributed by atoms with E-state index in [1.165, 1.54) is 11.8 Å². The lowest BCUT2D eigenvalue weighted by Crippen LogP contribution is -2.50. The summed E-state index contributed by atoms with van der Waals surface area (Å²) in [6.45, 7) is 3.71. The Labute approximate surface area is 156 Å². The third-order valence-corrected chi connectivity index (χ3v) is 4.74. The summed E-state index contributed by atoms with van der Waals surface area (Å²) in [4.78, 5) is 16.1. The van der Waals surface area contributed by atoms with Crippen molar-refractivity contribution in [1.82, 2.24) is 20.5 Å². The number of aromatic nitrogens is 3. The van der Waals surface area contributed by atoms with E-state index >= 15 is 0 Å². The van der Waals surface area contributed by atoms with Crippen LogP contribution < -0.4 is 5.32 Å². The fourth-order valence-electron chi connectivity index (χ4n) is 2.64. The minimum Gasteiger partial charge on any atom is -0.411 e. The average molecular weight is 378 g/mol. The highest BCUT2D eigenvalue weighted by Gasteiger charge is 2.27. The summed E-state index contributed by atoms with van der Waals surface area (Å²) in [5.74, 6) is 0.996. The predicted molar refractivity (Wildman–Crippen MR) is 95.7 cm³/mol. The summed E-state index contributed by atoms with van der Waals surface area (Å²) in [5.41, 5.74) is 0.818. The summed E-state index contributed by atoms with van der Waals surface area (Å²) in [6.07, 6.45) is 4.39. The van der Waals surface area contributed by atoms with Gasteiger partial charge in [-0.1, -0.05) is 11.8 Å². The van der Waals surface area contributed by atoms with Crippen molar-refractivity contribution in [2.45, 2.75) is 37.1 Å². The first-order valence-electron chi connectivity index (χ1n) is 8.61. The van der Waals surface area contributed by atoms with Gasteiger partial charge in [0.2, 0.25) is 11.8 Å². The molecule has 3 heterocycles. The second-order valence-corrected chi connectivity index (χ2v) is 6.79. The van der Waals surface area contributed by atoms with Gasteiger partial charge in [0.15, 0.2) is 0 Å². The van der Waals surface area contributed by atoms with Gasteiger partial charge in [0, 0.05) is 43.3 Å². The van der Waals surface area contributed by atoms with Crippen molar-refractivity contribution in [3.8, 4) is 11.5 Å². The van der Waals surface area contributed by atoms with E-state index in [1.54, 1.807) is 24.5 Å². The second kappa shape index (κ2) is 9.65. The van der Waals surface area contributed by atoms with Crippen molar-refractivity contribution in [2.75, 3.05) is 25.6 Å². The molecule has 2 aromatic rings. The van der Waals surface area contributed by atoms with Gasteiger partial charge in [-0.25, -0.2) is 0 Å². The summed E-state index contributed by atoms with van der Waals surface area (Å²) in [6, 6.07) is 3.61. The molecule has 1 saturated heterocycles. The van der Waals surface area contributed by atoms with Crippen LogP contribution in [-0.4, -0.2) is 58.8 Å². The van der Waals surface area contributed by atoms with Crippen LogP contribution in [0.3, 0.4) is 0 Å². The highest BCUT2D eigenvalue weighted by Crippen LogP contribution is 2.23. The number of nitrogens with zero attached hydrogens (tertiary/aromatic N) is 3. The number of ether oxygens (including phenoxy) is 2. The molecule has 2 aromatic heterocycles. The molecule has 140 valence electrons. The average Bonchev–Trinajstić information content (AvgIpc) is 3.13. The maximum absolute atomic E-state index is 12.2. The lowest BCUT2D eigenvalue weighted by atomic mass is 10.1. The fraction of sp³-hybridized carbons (Fsp3) is 0.529. The van der Waals surface area contributed by atoms with Crippen LogP contribution in [0.5, 0.6) is 0 Å². The summed E-state index contributed by atoms with van der Waals surface area (Å²) in [5, 5.41) is 11.5. The Kier molecular flexibility index (Phi) is 6.98. The Morgan fingerprint density at radius 2 is 2.23 bits per heavy atom. The Hall–Kier alpha value is -1.97. The fourth-order valence-corrected chi connectivity index (χ4v) is 3.34. The third-order valence-electron chi connectivity index (χ3n) is 3.92. The normalized spacial score (nSPS) is 20.0. The van der Waals surface area contributed by atoms with E-state index < -0.39 is 0 Å². The number of pyridine rings is 1. The maximum atomic E-state index is 12.2. The number of carbonyl (C=O) groups is 1. The molecule has 1 aliphatic rings. The Morgan fingerprint density at radius 3 is 3.04 bits per heavy atom. The van der Waals surface area contributed by atoms with Crippen LogP contribution in [0.25, 0.3) is 11.5 Å². The number of hydrogen-bond acceptors (Lipinski definition) is 8. The first-order valence-corrected chi connectivity index (χ1v) is 9.60. The first-order chi connectivity index (χ1) is 12.8. The molecule has 8 nitrogen and oxygen atoms in total. The van der Waals surface area contributed by atoms with Gasteiger partial charge in [-0.05, 0) is 25.5 Å². The number of hydrogen-bond donors (Lipinski definition) is 1. The Balaban J connectivity index is 1.43. The van der Waals surface area contributed by atoms with Crippen LogP contribution in [0, 0.1) is 0 Å². The molecule has 2 atom stereocenters. The summed E-state index contributed by atoms with van der Waals surface area (Å²) >= 11 is 1.36. The number of nitrogens with one attached hydrogen (secondary N) is 1. The van der Waals surface area contributed by atoms with Gasteiger partial charge in [-0.2, -0.15) is 0 Å². The highest BCUT2D eigenvalue weighted by molar-refractivity contribution is 7.99. The summed E-state index contributed by atoms with van der Waals surface area (Å²) in [7, 11) is 0. The quantitative estimate of drug-likeness (QED) is 0.696. The molecular weight excluding hydrogens is 356 g/mol. The molecule has 0 radical (unpaired) electrons. The molecule has 0 bridgehead atoms. The zero-order valence-corrected chi connectivity index (χ0v) is 15.4. The molecule has 3 rings (SSSR count). The number of rotatable bonds is 8. The van der Waals surface area contributed by atoms with E-state index in [4.69, 9.17) is 13.9 Å². The molecule has 0 unspecified atom stereocenters. The molecular formula is C17H22N4O4S. The van der Waals surface area contributed by atoms with Gasteiger partial charge in [0.05, 0.1) is 12.6 Å². The molecule has 1 amide bonds. The number of amides is 1. The highest BCUT2D eigenvalue weighted by atomic mass is 32.2. The lowest BCUT2D eigenvalue weighted by molar-refractivity contribution is -0.125. The van der Waals surface area contributed by atoms with Crippen LogP contribution in [-0.2, 0) is 14.3 Å². The molecule has 0 aromatic carbocycles. The smallest absolute Gasteiger partial charge is 0.276 e.